The number of nitrogens with one attached hydrogen (secondary N) is 2. The van der Waals surface area contributed by atoms with Crippen molar-refractivity contribution >= 4 is 34.2 Å². The number of amides is 1. The van der Waals surface area contributed by atoms with Crippen molar-refractivity contribution in [1.82, 2.24) is 20.2 Å². The number of rotatable bonds is 4. The lowest BCUT2D eigenvalue weighted by Gasteiger charge is -2.19. The van der Waals surface area contributed by atoms with Crippen molar-refractivity contribution < 1.29 is 15.0 Å². The molecule has 4 rings (SSSR count). The second-order valence-electron chi connectivity index (χ2n) is 7.55. The molecule has 4 N–H and O–H groups in total. The molecule has 0 saturated carbocycles. The van der Waals surface area contributed by atoms with Crippen LogP contribution >= 0.6 is 0 Å². The van der Waals surface area contributed by atoms with E-state index in [0.29, 0.717) is 18.8 Å². The Morgan fingerprint density at radius 2 is 2.10 bits per heavy atom. The molecule has 3 aromatic rings. The molecule has 2 heterocycles. The van der Waals surface area contributed by atoms with Crippen LogP contribution in [0.3, 0.4) is 0 Å². The molecule has 1 aromatic heterocycles. The Bertz CT molecular complexity index is 1320. The quantitative estimate of drug-likeness (QED) is 0.456. The third-order valence-electron chi connectivity index (χ3n) is 5.70. The number of aromatic hydroxyl groups is 1. The summed E-state index contributed by atoms with van der Waals surface area (Å²) in [5.41, 5.74) is -0.820. The third kappa shape index (κ3) is 3.37. The van der Waals surface area contributed by atoms with Gasteiger partial charge in [-0.3, -0.25) is 14.4 Å². The molecule has 0 bridgehead atoms. The number of phenolic OH excluding ortho intramolecular Hbond substituents is 1. The van der Waals surface area contributed by atoms with Crippen molar-refractivity contribution in [2.45, 2.75) is 25.3 Å². The second-order valence-corrected chi connectivity index (χ2v) is 7.55. The molecule has 0 spiro atoms. The first kappa shape index (κ1) is 19.8. The number of carbonyl (C=O) groups is 1. The fourth-order valence-corrected chi connectivity index (χ4v) is 4.04. The van der Waals surface area contributed by atoms with Crippen LogP contribution < -0.4 is 21.4 Å². The number of nitrogens with zero attached hydrogens (tertiary/aromatic N) is 2. The minimum absolute atomic E-state index is 0.0205. The molecule has 30 heavy (non-hydrogen) atoms. The molecule has 1 unspecified atom stereocenters. The van der Waals surface area contributed by atoms with Gasteiger partial charge in [-0.2, -0.15) is 0 Å². The molecular formula is C21H22N4O5. The summed E-state index contributed by atoms with van der Waals surface area (Å²) in [4.78, 5) is 46.7. The summed E-state index contributed by atoms with van der Waals surface area (Å²) in [6.45, 7) is 1.54. The molecule has 0 radical (unpaired) electrons. The molecule has 1 atom stereocenters. The van der Waals surface area contributed by atoms with Gasteiger partial charge in [0, 0.05) is 18.7 Å². The van der Waals surface area contributed by atoms with Crippen LogP contribution in [0.5, 0.6) is 5.75 Å². The fraction of sp³-hybridized carbons (Fsp3) is 0.333. The van der Waals surface area contributed by atoms with E-state index >= 15 is 0 Å². The number of aliphatic hydroxyl groups is 1. The van der Waals surface area contributed by atoms with Crippen molar-refractivity contribution in [1.29, 1.82) is 0 Å². The maximum absolute atomic E-state index is 12.8. The molecule has 1 fully saturated rings. The molecule has 1 aliphatic rings. The lowest BCUT2D eigenvalue weighted by molar-refractivity contribution is 0.0951. The summed E-state index contributed by atoms with van der Waals surface area (Å²) in [5, 5.41) is 22.1. The highest BCUT2D eigenvalue weighted by Crippen LogP contribution is 2.18. The molecule has 9 nitrogen and oxygen atoms in total. The number of aromatic amines is 1. The van der Waals surface area contributed by atoms with Gasteiger partial charge >= 0.3 is 0 Å². The molecule has 2 aromatic carbocycles. The molecule has 0 aliphatic carbocycles. The van der Waals surface area contributed by atoms with Crippen molar-refractivity contribution in [2.75, 3.05) is 20.1 Å². The van der Waals surface area contributed by atoms with Gasteiger partial charge in [-0.1, -0.05) is 0 Å². The lowest BCUT2D eigenvalue weighted by atomic mass is 10.1. The first-order chi connectivity index (χ1) is 14.4. The number of H-pyrrole nitrogens is 1. The Morgan fingerprint density at radius 3 is 2.80 bits per heavy atom. The molecule has 1 amide bonds. The van der Waals surface area contributed by atoms with Crippen LogP contribution in [0.15, 0.2) is 27.8 Å². The van der Waals surface area contributed by atoms with Gasteiger partial charge in [0.2, 0.25) is 10.9 Å². The number of likely N-dealkylation sites (tertiary alicyclic amines) is 1. The minimum Gasteiger partial charge on any atom is -0.515 e. The summed E-state index contributed by atoms with van der Waals surface area (Å²) in [6.07, 6.45) is 3.70. The Balaban J connectivity index is 1.75. The van der Waals surface area contributed by atoms with Crippen LogP contribution in [0.25, 0.3) is 28.3 Å². The van der Waals surface area contributed by atoms with Crippen molar-refractivity contribution in [3.8, 4) is 5.75 Å². The molecule has 9 heteroatoms. The van der Waals surface area contributed by atoms with Gasteiger partial charge in [-0.25, -0.2) is 4.98 Å². The van der Waals surface area contributed by atoms with Crippen molar-refractivity contribution in [3.63, 3.8) is 0 Å². The van der Waals surface area contributed by atoms with E-state index in [1.807, 2.05) is 0 Å². The predicted octanol–water partition coefficient (Wildman–Crippen LogP) is 0.371. The van der Waals surface area contributed by atoms with Crippen LogP contribution in [-0.4, -0.2) is 57.2 Å². The average molecular weight is 410 g/mol. The summed E-state index contributed by atoms with van der Waals surface area (Å²) in [6, 6.07) is 4.01. The van der Waals surface area contributed by atoms with Gasteiger partial charge in [0.1, 0.15) is 22.3 Å². The zero-order valence-electron chi connectivity index (χ0n) is 16.4. The predicted molar refractivity (Wildman–Crippen MR) is 113 cm³/mol. The highest BCUT2D eigenvalue weighted by Gasteiger charge is 2.21. The monoisotopic (exact) mass is 410 g/mol. The van der Waals surface area contributed by atoms with E-state index in [1.165, 1.54) is 12.1 Å². The Kier molecular flexibility index (Phi) is 5.13. The van der Waals surface area contributed by atoms with E-state index in [4.69, 9.17) is 0 Å². The van der Waals surface area contributed by atoms with Crippen LogP contribution in [0.1, 0.15) is 29.6 Å². The second kappa shape index (κ2) is 7.75. The van der Waals surface area contributed by atoms with Gasteiger partial charge in [0.25, 0.3) is 5.91 Å². The number of carbonyl (C=O) groups excluding carboxylic acids is 1. The molecule has 1 aliphatic heterocycles. The van der Waals surface area contributed by atoms with Gasteiger partial charge in [0.05, 0.1) is 22.6 Å². The van der Waals surface area contributed by atoms with E-state index in [9.17, 15) is 24.6 Å². The number of fused-ring (bicyclic) bond motifs is 2. The van der Waals surface area contributed by atoms with E-state index < -0.39 is 16.6 Å². The zero-order chi connectivity index (χ0) is 21.4. The summed E-state index contributed by atoms with van der Waals surface area (Å²) >= 11 is 0. The van der Waals surface area contributed by atoms with Gasteiger partial charge < -0.3 is 25.4 Å². The topological polar surface area (TPSA) is 136 Å². The van der Waals surface area contributed by atoms with Crippen molar-refractivity contribution in [3.05, 3.63) is 49.4 Å². The average Bonchev–Trinajstić information content (AvgIpc) is 3.12. The van der Waals surface area contributed by atoms with Crippen LogP contribution in [-0.2, 0) is 0 Å². The van der Waals surface area contributed by atoms with Crippen LogP contribution in [0.2, 0.25) is 0 Å². The first-order valence-corrected chi connectivity index (χ1v) is 9.76. The van der Waals surface area contributed by atoms with E-state index in [-0.39, 0.29) is 38.8 Å². The first-order valence-electron chi connectivity index (χ1n) is 9.76. The van der Waals surface area contributed by atoms with Crippen molar-refractivity contribution in [2.24, 2.45) is 0 Å². The third-order valence-corrected chi connectivity index (χ3v) is 5.70. The summed E-state index contributed by atoms with van der Waals surface area (Å²) < 4.78 is 0. The minimum atomic E-state index is -0.575. The number of benzene rings is 2. The Hall–Kier alpha value is -3.46. The van der Waals surface area contributed by atoms with E-state index in [2.05, 4.69) is 27.2 Å². The normalized spacial score (nSPS) is 17.8. The van der Waals surface area contributed by atoms with Crippen LogP contribution in [0, 0.1) is 0 Å². The van der Waals surface area contributed by atoms with Crippen LogP contribution in [0.4, 0.5) is 0 Å². The smallest absolute Gasteiger partial charge is 0.253 e. The highest BCUT2D eigenvalue weighted by molar-refractivity contribution is 6.06. The number of phenols is 1. The number of aromatic nitrogens is 2. The lowest BCUT2D eigenvalue weighted by Crippen LogP contribution is -2.32. The number of aliphatic hydroxyl groups excluding tert-OH is 1. The fourth-order valence-electron chi connectivity index (χ4n) is 4.04. The largest absolute Gasteiger partial charge is 0.515 e. The maximum Gasteiger partial charge on any atom is 0.253 e. The van der Waals surface area contributed by atoms with E-state index in [0.717, 1.165) is 31.9 Å². The highest BCUT2D eigenvalue weighted by atomic mass is 16.3. The molecule has 156 valence electrons. The van der Waals surface area contributed by atoms with Gasteiger partial charge in [0.15, 0.2) is 0 Å². The molecule has 1 saturated heterocycles. The summed E-state index contributed by atoms with van der Waals surface area (Å²) in [5.74, 6) is -0.827. The Labute approximate surface area is 170 Å². The maximum atomic E-state index is 12.8. The van der Waals surface area contributed by atoms with Gasteiger partial charge in [-0.15, -0.1) is 0 Å². The number of hydrogen-bond donors (Lipinski definition) is 4. The van der Waals surface area contributed by atoms with E-state index in [1.54, 1.807) is 0 Å². The summed E-state index contributed by atoms with van der Waals surface area (Å²) in [7, 11) is 2.07. The SMILES string of the molecule is CN1CCCC1CCNC(=O)c1ccc(=O)c2nc3c(=CO)c(O)cc(=O)c3[nH]c12. The zero-order valence-corrected chi connectivity index (χ0v) is 16.4. The van der Waals surface area contributed by atoms with Gasteiger partial charge in [-0.05, 0) is 45.0 Å². The standard InChI is InChI=1S/C21H22N4O5/c1-25-8-2-3-11(25)6-7-22-21(30)12-4-5-14(27)19-17(12)23-20-16(29)9-15(28)13(10-26)18(20)24-19/h4-5,9-11,23,26,28H,2-3,6-8H2,1H3,(H,22,30). The Morgan fingerprint density at radius 1 is 1.30 bits per heavy atom. The number of hydrogen-bond acceptors (Lipinski definition) is 7. The molecular weight excluding hydrogens is 388 g/mol.